The molecule has 0 aromatic carbocycles. The van der Waals surface area contributed by atoms with Gasteiger partial charge in [-0.1, -0.05) is 19.4 Å². The molecule has 2 nitrogen and oxygen atoms in total. The van der Waals surface area contributed by atoms with Gasteiger partial charge in [-0.2, -0.15) is 0 Å². The maximum Gasteiger partial charge on any atom is 0.134 e. The maximum absolute atomic E-state index is 5.85. The molecule has 0 rings (SSSR count). The van der Waals surface area contributed by atoms with Crippen molar-refractivity contribution in [2.24, 2.45) is 5.92 Å². The van der Waals surface area contributed by atoms with Crippen molar-refractivity contribution in [3.8, 4) is 0 Å². The molecule has 86 valence electrons. The molecule has 0 saturated heterocycles. The van der Waals surface area contributed by atoms with Crippen molar-refractivity contribution >= 4 is 21.1 Å². The molecule has 0 aromatic heterocycles. The quantitative estimate of drug-likeness (QED) is 0.348. The lowest BCUT2D eigenvalue weighted by Gasteiger charge is -2.18. The van der Waals surface area contributed by atoms with E-state index >= 15 is 0 Å². The first kappa shape index (κ1) is 14.4. The molecule has 0 aliphatic carbocycles. The molecule has 0 amide bonds. The van der Waals surface area contributed by atoms with Gasteiger partial charge in [0.2, 0.25) is 0 Å². The molecule has 0 heterocycles. The van der Waals surface area contributed by atoms with Crippen molar-refractivity contribution in [3.63, 3.8) is 0 Å². The van der Waals surface area contributed by atoms with Crippen LogP contribution in [0.4, 0.5) is 0 Å². The molecule has 0 spiro atoms. The number of alkyl halides is 1. The van der Waals surface area contributed by atoms with E-state index in [-0.39, 0.29) is 15.4 Å². The summed E-state index contributed by atoms with van der Waals surface area (Å²) in [6, 6.07) is 1.23. The molecular weight excluding hydrogens is 216 g/mol. The van der Waals surface area contributed by atoms with Crippen LogP contribution >= 0.6 is 11.6 Å². The Morgan fingerprint density at radius 2 is 1.71 bits per heavy atom. The van der Waals surface area contributed by atoms with Gasteiger partial charge in [-0.05, 0) is 19.8 Å². The maximum atomic E-state index is 5.85. The normalized spacial score (nSPS) is 14.4. The van der Waals surface area contributed by atoms with Crippen molar-refractivity contribution in [3.05, 3.63) is 0 Å². The molecule has 0 aliphatic heterocycles. The molecule has 14 heavy (non-hydrogen) atoms. The fourth-order valence-corrected chi connectivity index (χ4v) is 4.14. The van der Waals surface area contributed by atoms with Crippen molar-refractivity contribution < 1.29 is 9.47 Å². The van der Waals surface area contributed by atoms with Crippen LogP contribution in [0.3, 0.4) is 0 Å². The first-order chi connectivity index (χ1) is 6.78. The van der Waals surface area contributed by atoms with Gasteiger partial charge in [0.1, 0.15) is 5.91 Å². The zero-order chi connectivity index (χ0) is 10.8. The second-order valence-corrected chi connectivity index (χ2v) is 5.48. The number of rotatable bonds is 9. The molecule has 0 bridgehead atoms. The van der Waals surface area contributed by atoms with E-state index in [4.69, 9.17) is 21.1 Å². The average molecular weight is 239 g/mol. The van der Waals surface area contributed by atoms with Crippen LogP contribution in [0.25, 0.3) is 0 Å². The van der Waals surface area contributed by atoms with Crippen molar-refractivity contribution in [1.29, 1.82) is 0 Å². The summed E-state index contributed by atoms with van der Waals surface area (Å²) in [4.78, 5) is 0. The lowest BCUT2D eigenvalue weighted by molar-refractivity contribution is -0.0829. The second-order valence-electron chi connectivity index (χ2n) is 3.35. The summed E-state index contributed by atoms with van der Waals surface area (Å²) >= 11 is 5.85. The molecule has 4 heteroatoms. The van der Waals surface area contributed by atoms with E-state index in [0.29, 0.717) is 5.92 Å². The van der Waals surface area contributed by atoms with Crippen LogP contribution in [0.1, 0.15) is 27.2 Å². The Labute approximate surface area is 95.1 Å². The lowest BCUT2D eigenvalue weighted by Crippen LogP contribution is -2.26. The van der Waals surface area contributed by atoms with Gasteiger partial charge >= 0.3 is 0 Å². The lowest BCUT2D eigenvalue weighted by atomic mass is 10.2. The Morgan fingerprint density at radius 1 is 1.14 bits per heavy atom. The highest BCUT2D eigenvalue weighted by molar-refractivity contribution is 6.36. The summed E-state index contributed by atoms with van der Waals surface area (Å²) in [5, 5.41) is 0. The third-order valence-electron chi connectivity index (χ3n) is 2.31. The van der Waals surface area contributed by atoms with Gasteiger partial charge in [0, 0.05) is 19.1 Å². The fourth-order valence-electron chi connectivity index (χ4n) is 1.35. The minimum atomic E-state index is -0.295. The summed E-state index contributed by atoms with van der Waals surface area (Å²) in [6.07, 6.45) is 1.17. The molecule has 0 radical (unpaired) electrons. The van der Waals surface area contributed by atoms with Gasteiger partial charge in [0.25, 0.3) is 0 Å². The molecule has 0 aliphatic rings. The molecule has 0 aromatic rings. The Hall–Kier alpha value is 0.427. The van der Waals surface area contributed by atoms with Crippen molar-refractivity contribution in [2.45, 2.75) is 39.1 Å². The van der Waals surface area contributed by atoms with E-state index in [9.17, 15) is 0 Å². The first-order valence-electron chi connectivity index (χ1n) is 5.57. The standard InChI is InChI=1S/C10H23ClO2Si/c1-4-9(7-11)8-14-10(12-5-2)13-6-3/h9-10H,4-8,14H2,1-3H3. The summed E-state index contributed by atoms with van der Waals surface area (Å²) < 4.78 is 11.0. The molecule has 1 atom stereocenters. The van der Waals surface area contributed by atoms with Gasteiger partial charge in [-0.25, -0.2) is 0 Å². The van der Waals surface area contributed by atoms with E-state index in [0.717, 1.165) is 19.1 Å². The predicted octanol–water partition coefficient (Wildman–Crippen LogP) is 2.20. The van der Waals surface area contributed by atoms with Crippen molar-refractivity contribution in [1.82, 2.24) is 0 Å². The largest absolute Gasteiger partial charge is 0.357 e. The average Bonchev–Trinajstić information content (AvgIpc) is 2.20. The Bertz CT molecular complexity index is 115. The summed E-state index contributed by atoms with van der Waals surface area (Å²) in [5.74, 6) is 1.53. The Morgan fingerprint density at radius 3 is 2.07 bits per heavy atom. The zero-order valence-electron chi connectivity index (χ0n) is 9.59. The third kappa shape index (κ3) is 6.82. The van der Waals surface area contributed by atoms with Gasteiger partial charge in [-0.3, -0.25) is 0 Å². The second kappa shape index (κ2) is 9.96. The van der Waals surface area contributed by atoms with Crippen LogP contribution in [-0.2, 0) is 9.47 Å². The molecule has 0 saturated carbocycles. The van der Waals surface area contributed by atoms with Crippen LogP contribution < -0.4 is 0 Å². The molecule has 0 N–H and O–H groups in total. The molecular formula is C10H23ClO2Si. The Kier molecular flexibility index (Phi) is 10.3. The minimum absolute atomic E-state index is 0.0993. The van der Waals surface area contributed by atoms with Crippen LogP contribution in [0.5, 0.6) is 0 Å². The number of hydrogen-bond donors (Lipinski definition) is 0. The summed E-state index contributed by atoms with van der Waals surface area (Å²) in [7, 11) is -0.295. The van der Waals surface area contributed by atoms with Gasteiger partial charge < -0.3 is 9.47 Å². The van der Waals surface area contributed by atoms with Gasteiger partial charge in [0.05, 0.1) is 9.52 Å². The van der Waals surface area contributed by atoms with E-state index in [1.807, 2.05) is 13.8 Å². The molecule has 1 unspecified atom stereocenters. The van der Waals surface area contributed by atoms with E-state index in [1.165, 1.54) is 12.5 Å². The zero-order valence-corrected chi connectivity index (χ0v) is 11.8. The van der Waals surface area contributed by atoms with Gasteiger partial charge in [0.15, 0.2) is 0 Å². The minimum Gasteiger partial charge on any atom is -0.357 e. The highest BCUT2D eigenvalue weighted by atomic mass is 35.5. The smallest absolute Gasteiger partial charge is 0.134 e. The highest BCUT2D eigenvalue weighted by Gasteiger charge is 2.12. The fraction of sp³-hybridized carbons (Fsp3) is 1.00. The van der Waals surface area contributed by atoms with Crippen LogP contribution in [-0.4, -0.2) is 34.5 Å². The van der Waals surface area contributed by atoms with E-state index in [2.05, 4.69) is 6.92 Å². The number of ether oxygens (including phenoxy) is 2. The third-order valence-corrected chi connectivity index (χ3v) is 4.84. The van der Waals surface area contributed by atoms with E-state index < -0.39 is 0 Å². The SMILES string of the molecule is CCOC(OCC)[SiH2]CC(CC)CCl. The monoisotopic (exact) mass is 238 g/mol. The molecule has 0 fully saturated rings. The summed E-state index contributed by atoms with van der Waals surface area (Å²) in [5.41, 5.74) is 0. The predicted molar refractivity (Wildman–Crippen MR) is 64.9 cm³/mol. The van der Waals surface area contributed by atoms with E-state index in [1.54, 1.807) is 0 Å². The number of halogens is 1. The van der Waals surface area contributed by atoms with Crippen molar-refractivity contribution in [2.75, 3.05) is 19.1 Å². The van der Waals surface area contributed by atoms with Gasteiger partial charge in [-0.15, -0.1) is 11.6 Å². The van der Waals surface area contributed by atoms with Crippen LogP contribution in [0.2, 0.25) is 6.04 Å². The van der Waals surface area contributed by atoms with Crippen LogP contribution in [0, 0.1) is 5.92 Å². The van der Waals surface area contributed by atoms with Crippen LogP contribution in [0.15, 0.2) is 0 Å². The highest BCUT2D eigenvalue weighted by Crippen LogP contribution is 2.11. The summed E-state index contributed by atoms with van der Waals surface area (Å²) in [6.45, 7) is 7.71. The Balaban J connectivity index is 3.67. The topological polar surface area (TPSA) is 18.5 Å². The number of hydrogen-bond acceptors (Lipinski definition) is 2. The first-order valence-corrected chi connectivity index (χ1v) is 7.92.